The topological polar surface area (TPSA) is 69.9 Å². The third kappa shape index (κ3) is 1.76. The van der Waals surface area contributed by atoms with Crippen molar-refractivity contribution in [3.8, 4) is 0 Å². The standard InChI is InChI=1S/C7H11N3.CH5N/c8-6-4-9-10(5-6)7-2-1-3-7;1-2/h4-5,7H,1-3,8H2;2H2,1H3. The Morgan fingerprint density at radius 3 is 2.50 bits per heavy atom. The van der Waals surface area contributed by atoms with E-state index in [4.69, 9.17) is 5.73 Å². The summed E-state index contributed by atoms with van der Waals surface area (Å²) in [5.74, 6) is 0. The van der Waals surface area contributed by atoms with Crippen LogP contribution < -0.4 is 11.5 Å². The van der Waals surface area contributed by atoms with Crippen LogP contribution in [-0.2, 0) is 0 Å². The summed E-state index contributed by atoms with van der Waals surface area (Å²) in [5, 5.41) is 4.13. The van der Waals surface area contributed by atoms with Crippen LogP contribution in [0.25, 0.3) is 0 Å². The average molecular weight is 168 g/mol. The molecule has 0 atom stereocenters. The molecule has 0 radical (unpaired) electrons. The van der Waals surface area contributed by atoms with Crippen molar-refractivity contribution in [3.63, 3.8) is 0 Å². The second kappa shape index (κ2) is 4.11. The Hall–Kier alpha value is -1.03. The van der Waals surface area contributed by atoms with Gasteiger partial charge in [-0.15, -0.1) is 0 Å². The average Bonchev–Trinajstić information content (AvgIpc) is 2.37. The Morgan fingerprint density at radius 1 is 1.50 bits per heavy atom. The molecular formula is C8H16N4. The molecule has 1 aliphatic rings. The van der Waals surface area contributed by atoms with Gasteiger partial charge >= 0.3 is 0 Å². The number of aromatic nitrogens is 2. The van der Waals surface area contributed by atoms with Crippen LogP contribution >= 0.6 is 0 Å². The van der Waals surface area contributed by atoms with Gasteiger partial charge in [0, 0.05) is 6.20 Å². The van der Waals surface area contributed by atoms with Gasteiger partial charge < -0.3 is 11.5 Å². The maximum atomic E-state index is 5.51. The van der Waals surface area contributed by atoms with Crippen molar-refractivity contribution in [2.45, 2.75) is 25.3 Å². The van der Waals surface area contributed by atoms with E-state index in [2.05, 4.69) is 10.8 Å². The summed E-state index contributed by atoms with van der Waals surface area (Å²) in [7, 11) is 1.50. The molecule has 4 heteroatoms. The summed E-state index contributed by atoms with van der Waals surface area (Å²) in [6.45, 7) is 0. The van der Waals surface area contributed by atoms with E-state index in [9.17, 15) is 0 Å². The Balaban J connectivity index is 0.000000336. The smallest absolute Gasteiger partial charge is 0.0719 e. The molecule has 0 aliphatic heterocycles. The van der Waals surface area contributed by atoms with Crippen LogP contribution in [-0.4, -0.2) is 16.8 Å². The zero-order valence-electron chi connectivity index (χ0n) is 7.40. The zero-order chi connectivity index (χ0) is 8.97. The van der Waals surface area contributed by atoms with Crippen molar-refractivity contribution in [1.29, 1.82) is 0 Å². The molecule has 4 N–H and O–H groups in total. The predicted molar refractivity (Wildman–Crippen MR) is 49.6 cm³/mol. The minimum absolute atomic E-state index is 0.636. The maximum absolute atomic E-state index is 5.51. The summed E-state index contributed by atoms with van der Waals surface area (Å²) >= 11 is 0. The van der Waals surface area contributed by atoms with Crippen molar-refractivity contribution in [2.24, 2.45) is 5.73 Å². The fraction of sp³-hybridized carbons (Fsp3) is 0.625. The number of nitrogens with zero attached hydrogens (tertiary/aromatic N) is 2. The van der Waals surface area contributed by atoms with Gasteiger partial charge in [-0.1, -0.05) is 0 Å². The van der Waals surface area contributed by atoms with Crippen molar-refractivity contribution in [1.82, 2.24) is 9.78 Å². The lowest BCUT2D eigenvalue weighted by molar-refractivity contribution is 0.289. The summed E-state index contributed by atoms with van der Waals surface area (Å²) < 4.78 is 1.97. The molecule has 0 bridgehead atoms. The minimum Gasteiger partial charge on any atom is -0.396 e. The number of hydrogen-bond donors (Lipinski definition) is 2. The Morgan fingerprint density at radius 2 is 2.17 bits per heavy atom. The van der Waals surface area contributed by atoms with Crippen LogP contribution in [0.5, 0.6) is 0 Å². The number of rotatable bonds is 1. The normalized spacial score (nSPS) is 16.2. The highest BCUT2D eigenvalue weighted by Gasteiger charge is 2.19. The highest BCUT2D eigenvalue weighted by Crippen LogP contribution is 2.30. The molecule has 2 rings (SSSR count). The first kappa shape index (κ1) is 9.06. The summed E-state index contributed by atoms with van der Waals surface area (Å²) in [4.78, 5) is 0. The van der Waals surface area contributed by atoms with Gasteiger partial charge in [0.1, 0.15) is 0 Å². The van der Waals surface area contributed by atoms with E-state index < -0.39 is 0 Å². The largest absolute Gasteiger partial charge is 0.396 e. The molecule has 68 valence electrons. The molecule has 1 saturated carbocycles. The lowest BCUT2D eigenvalue weighted by Crippen LogP contribution is -2.16. The van der Waals surface area contributed by atoms with Gasteiger partial charge in [0.25, 0.3) is 0 Å². The first-order valence-corrected chi connectivity index (χ1v) is 4.23. The Kier molecular flexibility index (Phi) is 3.10. The quantitative estimate of drug-likeness (QED) is 0.650. The van der Waals surface area contributed by atoms with Gasteiger partial charge in [0.2, 0.25) is 0 Å². The van der Waals surface area contributed by atoms with Gasteiger partial charge in [-0.3, -0.25) is 4.68 Å². The highest BCUT2D eigenvalue weighted by molar-refractivity contribution is 5.30. The van der Waals surface area contributed by atoms with Crippen LogP contribution in [0.1, 0.15) is 25.3 Å². The van der Waals surface area contributed by atoms with Crippen molar-refractivity contribution < 1.29 is 0 Å². The molecule has 0 amide bonds. The number of anilines is 1. The maximum Gasteiger partial charge on any atom is 0.0719 e. The van der Waals surface area contributed by atoms with Crippen LogP contribution in [0.2, 0.25) is 0 Å². The van der Waals surface area contributed by atoms with Gasteiger partial charge in [-0.2, -0.15) is 5.10 Å². The summed E-state index contributed by atoms with van der Waals surface area (Å²) in [6, 6.07) is 0.636. The molecule has 1 heterocycles. The van der Waals surface area contributed by atoms with E-state index in [1.807, 2.05) is 10.9 Å². The Labute approximate surface area is 72.5 Å². The number of nitrogens with two attached hydrogens (primary N) is 2. The molecule has 0 unspecified atom stereocenters. The molecule has 1 aromatic heterocycles. The molecule has 1 aromatic rings. The summed E-state index contributed by atoms with van der Waals surface area (Å²) in [6.07, 6.45) is 7.48. The fourth-order valence-corrected chi connectivity index (χ4v) is 1.20. The fourth-order valence-electron chi connectivity index (χ4n) is 1.20. The van der Waals surface area contributed by atoms with Crippen molar-refractivity contribution in [2.75, 3.05) is 12.8 Å². The molecule has 1 fully saturated rings. The lowest BCUT2D eigenvalue weighted by Gasteiger charge is -2.25. The summed E-state index contributed by atoms with van der Waals surface area (Å²) in [5.41, 5.74) is 10.8. The van der Waals surface area contributed by atoms with Crippen LogP contribution in [0.4, 0.5) is 5.69 Å². The third-order valence-electron chi connectivity index (χ3n) is 2.07. The second-order valence-electron chi connectivity index (χ2n) is 2.84. The molecule has 0 saturated heterocycles. The van der Waals surface area contributed by atoms with Gasteiger partial charge in [-0.25, -0.2) is 0 Å². The molecule has 0 aromatic carbocycles. The first-order chi connectivity index (χ1) is 5.86. The molecule has 0 spiro atoms. The van der Waals surface area contributed by atoms with Gasteiger partial charge in [0.15, 0.2) is 0 Å². The Bertz CT molecular complexity index is 227. The molecule has 1 aliphatic carbocycles. The minimum atomic E-state index is 0.636. The van der Waals surface area contributed by atoms with E-state index in [1.54, 1.807) is 6.20 Å². The molecule has 12 heavy (non-hydrogen) atoms. The van der Waals surface area contributed by atoms with E-state index in [0.717, 1.165) is 5.69 Å². The molecular weight excluding hydrogens is 152 g/mol. The van der Waals surface area contributed by atoms with Crippen molar-refractivity contribution >= 4 is 5.69 Å². The van der Waals surface area contributed by atoms with Crippen LogP contribution in [0.3, 0.4) is 0 Å². The van der Waals surface area contributed by atoms with Gasteiger partial charge in [-0.05, 0) is 26.3 Å². The second-order valence-corrected chi connectivity index (χ2v) is 2.84. The number of hydrogen-bond acceptors (Lipinski definition) is 3. The van der Waals surface area contributed by atoms with E-state index in [-0.39, 0.29) is 0 Å². The lowest BCUT2D eigenvalue weighted by atomic mass is 9.93. The van der Waals surface area contributed by atoms with E-state index in [1.165, 1.54) is 26.3 Å². The zero-order valence-corrected chi connectivity index (χ0v) is 7.40. The van der Waals surface area contributed by atoms with Crippen LogP contribution in [0.15, 0.2) is 12.4 Å². The monoisotopic (exact) mass is 168 g/mol. The van der Waals surface area contributed by atoms with Gasteiger partial charge in [0.05, 0.1) is 17.9 Å². The van der Waals surface area contributed by atoms with E-state index >= 15 is 0 Å². The van der Waals surface area contributed by atoms with Crippen molar-refractivity contribution in [3.05, 3.63) is 12.4 Å². The first-order valence-electron chi connectivity index (χ1n) is 4.23. The van der Waals surface area contributed by atoms with Crippen LogP contribution in [0, 0.1) is 0 Å². The predicted octanol–water partition coefficient (Wildman–Crippen LogP) is 0.765. The highest BCUT2D eigenvalue weighted by atomic mass is 15.3. The SMILES string of the molecule is CN.Nc1cnn(C2CCC2)c1. The number of nitrogen functional groups attached to an aromatic ring is 1. The third-order valence-corrected chi connectivity index (χ3v) is 2.07. The van der Waals surface area contributed by atoms with E-state index in [0.29, 0.717) is 6.04 Å². The molecule has 4 nitrogen and oxygen atoms in total.